The van der Waals surface area contributed by atoms with Gasteiger partial charge in [-0.3, -0.25) is 0 Å². The minimum Gasteiger partial charge on any atom is -0.469 e. The van der Waals surface area contributed by atoms with E-state index in [0.29, 0.717) is 17.1 Å². The number of nitrogens with one attached hydrogen (secondary N) is 1. The van der Waals surface area contributed by atoms with Gasteiger partial charge in [0.25, 0.3) is 0 Å². The van der Waals surface area contributed by atoms with Crippen molar-refractivity contribution in [1.29, 1.82) is 0 Å². The standard InChI is InChI=1S/C11H11BrN2O2S/c1-6-7(3-4-16-6)10-13-8(5-15-2)9(12)11(17)14-10/h3-4H,5H2,1-2H3,(H,13,14,17). The third-order valence-electron chi connectivity index (χ3n) is 2.34. The molecule has 1 N–H and O–H groups in total. The summed E-state index contributed by atoms with van der Waals surface area (Å²) in [6.45, 7) is 2.32. The SMILES string of the molecule is COCc1[nH]c(-c2ccoc2C)nc(=S)c1Br. The Bertz CT molecular complexity index is 591. The number of H-pyrrole nitrogens is 1. The van der Waals surface area contributed by atoms with Crippen LogP contribution in [0.1, 0.15) is 11.5 Å². The number of aromatic amines is 1. The number of rotatable bonds is 3. The van der Waals surface area contributed by atoms with E-state index < -0.39 is 0 Å². The molecule has 0 atom stereocenters. The Labute approximate surface area is 112 Å². The molecule has 2 aromatic heterocycles. The summed E-state index contributed by atoms with van der Waals surface area (Å²) in [4.78, 5) is 7.50. The molecule has 0 radical (unpaired) electrons. The van der Waals surface area contributed by atoms with Crippen LogP contribution in [0.2, 0.25) is 0 Å². The molecule has 17 heavy (non-hydrogen) atoms. The van der Waals surface area contributed by atoms with Gasteiger partial charge in [-0.15, -0.1) is 0 Å². The van der Waals surface area contributed by atoms with Gasteiger partial charge in [-0.2, -0.15) is 0 Å². The average Bonchev–Trinajstić information content (AvgIpc) is 2.71. The fraction of sp³-hybridized carbons (Fsp3) is 0.273. The second-order valence-corrected chi connectivity index (χ2v) is 4.69. The van der Waals surface area contributed by atoms with Gasteiger partial charge in [0, 0.05) is 7.11 Å². The summed E-state index contributed by atoms with van der Waals surface area (Å²) in [6.07, 6.45) is 1.63. The number of ether oxygens (including phenoxy) is 1. The normalized spacial score (nSPS) is 10.8. The number of methoxy groups -OCH3 is 1. The van der Waals surface area contributed by atoms with Crippen LogP contribution in [0.15, 0.2) is 21.2 Å². The molecule has 6 heteroatoms. The largest absolute Gasteiger partial charge is 0.469 e. The van der Waals surface area contributed by atoms with E-state index in [1.807, 2.05) is 13.0 Å². The molecule has 2 rings (SSSR count). The minimum absolute atomic E-state index is 0.441. The topological polar surface area (TPSA) is 51.0 Å². The molecule has 2 heterocycles. The molecule has 0 aliphatic heterocycles. The van der Waals surface area contributed by atoms with Crippen LogP contribution in [-0.4, -0.2) is 17.1 Å². The number of nitrogens with zero attached hydrogens (tertiary/aromatic N) is 1. The molecule has 0 unspecified atom stereocenters. The van der Waals surface area contributed by atoms with Crippen LogP contribution < -0.4 is 0 Å². The number of furan rings is 1. The monoisotopic (exact) mass is 314 g/mol. The van der Waals surface area contributed by atoms with E-state index in [-0.39, 0.29) is 0 Å². The summed E-state index contributed by atoms with van der Waals surface area (Å²) in [7, 11) is 1.63. The molecular weight excluding hydrogens is 304 g/mol. The third kappa shape index (κ3) is 2.48. The van der Waals surface area contributed by atoms with Crippen LogP contribution in [0.5, 0.6) is 0 Å². The van der Waals surface area contributed by atoms with E-state index in [0.717, 1.165) is 21.5 Å². The highest BCUT2D eigenvalue weighted by Gasteiger charge is 2.11. The van der Waals surface area contributed by atoms with Crippen LogP contribution in [0.25, 0.3) is 11.4 Å². The molecule has 0 aliphatic rings. The Kier molecular flexibility index (Phi) is 3.76. The van der Waals surface area contributed by atoms with E-state index in [4.69, 9.17) is 21.4 Å². The van der Waals surface area contributed by atoms with Crippen LogP contribution >= 0.6 is 28.1 Å². The van der Waals surface area contributed by atoms with Crippen molar-refractivity contribution in [2.75, 3.05) is 7.11 Å². The summed E-state index contributed by atoms with van der Waals surface area (Å²) in [5.74, 6) is 1.49. The van der Waals surface area contributed by atoms with Gasteiger partial charge in [0.2, 0.25) is 0 Å². The number of halogens is 1. The summed E-state index contributed by atoms with van der Waals surface area (Å²) < 4.78 is 11.6. The van der Waals surface area contributed by atoms with Crippen molar-refractivity contribution in [3.63, 3.8) is 0 Å². The van der Waals surface area contributed by atoms with Crippen molar-refractivity contribution in [1.82, 2.24) is 9.97 Å². The molecule has 4 nitrogen and oxygen atoms in total. The van der Waals surface area contributed by atoms with Crippen molar-refractivity contribution in [2.45, 2.75) is 13.5 Å². The van der Waals surface area contributed by atoms with Crippen molar-refractivity contribution in [3.05, 3.63) is 32.9 Å². The zero-order valence-corrected chi connectivity index (χ0v) is 11.8. The quantitative estimate of drug-likeness (QED) is 0.879. The number of aryl methyl sites for hydroxylation is 1. The maximum absolute atomic E-state index is 5.25. The molecule has 0 spiro atoms. The van der Waals surface area contributed by atoms with E-state index in [1.165, 1.54) is 0 Å². The highest BCUT2D eigenvalue weighted by atomic mass is 79.9. The predicted octanol–water partition coefficient (Wildman–Crippen LogP) is 3.62. The minimum atomic E-state index is 0.441. The Morgan fingerprint density at radius 1 is 1.59 bits per heavy atom. The van der Waals surface area contributed by atoms with Gasteiger partial charge in [0.1, 0.15) is 16.2 Å². The summed E-state index contributed by atoms with van der Waals surface area (Å²) in [5.41, 5.74) is 1.77. The maximum Gasteiger partial charge on any atom is 0.144 e. The highest BCUT2D eigenvalue weighted by Crippen LogP contribution is 2.24. The van der Waals surface area contributed by atoms with Crippen LogP contribution in [0.4, 0.5) is 0 Å². The highest BCUT2D eigenvalue weighted by molar-refractivity contribution is 9.10. The van der Waals surface area contributed by atoms with Crippen molar-refractivity contribution in [3.8, 4) is 11.4 Å². The zero-order valence-electron chi connectivity index (χ0n) is 9.41. The van der Waals surface area contributed by atoms with Crippen LogP contribution in [-0.2, 0) is 11.3 Å². The summed E-state index contributed by atoms with van der Waals surface area (Å²) >= 11 is 8.59. The van der Waals surface area contributed by atoms with Crippen LogP contribution in [0, 0.1) is 11.6 Å². The second kappa shape index (κ2) is 5.12. The Morgan fingerprint density at radius 3 is 2.94 bits per heavy atom. The lowest BCUT2D eigenvalue weighted by molar-refractivity contribution is 0.181. The zero-order chi connectivity index (χ0) is 12.4. The fourth-order valence-corrected chi connectivity index (χ4v) is 2.02. The van der Waals surface area contributed by atoms with E-state index in [2.05, 4.69) is 25.9 Å². The first-order valence-electron chi connectivity index (χ1n) is 4.95. The third-order valence-corrected chi connectivity index (χ3v) is 3.75. The Morgan fingerprint density at radius 2 is 2.35 bits per heavy atom. The number of hydrogen-bond acceptors (Lipinski definition) is 4. The molecule has 90 valence electrons. The van der Waals surface area contributed by atoms with Crippen molar-refractivity contribution in [2.24, 2.45) is 0 Å². The van der Waals surface area contributed by atoms with Crippen molar-refractivity contribution < 1.29 is 9.15 Å². The van der Waals surface area contributed by atoms with Gasteiger partial charge in [0.05, 0.1) is 28.6 Å². The average molecular weight is 315 g/mol. The van der Waals surface area contributed by atoms with Gasteiger partial charge in [-0.05, 0) is 28.9 Å². The van der Waals surface area contributed by atoms with E-state index >= 15 is 0 Å². The fourth-order valence-electron chi connectivity index (χ4n) is 1.51. The number of hydrogen-bond donors (Lipinski definition) is 1. The van der Waals surface area contributed by atoms with Gasteiger partial charge < -0.3 is 14.1 Å². The Balaban J connectivity index is 2.57. The molecule has 0 saturated heterocycles. The number of aromatic nitrogens is 2. The van der Waals surface area contributed by atoms with E-state index in [9.17, 15) is 0 Å². The van der Waals surface area contributed by atoms with E-state index in [1.54, 1.807) is 13.4 Å². The van der Waals surface area contributed by atoms with Gasteiger partial charge in [-0.1, -0.05) is 12.2 Å². The first-order chi connectivity index (χ1) is 8.13. The lowest BCUT2D eigenvalue weighted by Crippen LogP contribution is -1.99. The maximum atomic E-state index is 5.25. The Hall–Kier alpha value is -0.980. The first-order valence-corrected chi connectivity index (χ1v) is 6.15. The van der Waals surface area contributed by atoms with Gasteiger partial charge in [0.15, 0.2) is 0 Å². The first kappa shape index (κ1) is 12.5. The smallest absolute Gasteiger partial charge is 0.144 e. The second-order valence-electron chi connectivity index (χ2n) is 3.51. The molecule has 0 bridgehead atoms. The molecule has 0 aromatic carbocycles. The summed E-state index contributed by atoms with van der Waals surface area (Å²) in [5, 5.41) is 0. The molecule has 0 saturated carbocycles. The van der Waals surface area contributed by atoms with Gasteiger partial charge in [-0.25, -0.2) is 4.98 Å². The molecule has 0 amide bonds. The molecular formula is C11H11BrN2O2S. The molecule has 2 aromatic rings. The van der Waals surface area contributed by atoms with Crippen LogP contribution in [0.3, 0.4) is 0 Å². The lowest BCUT2D eigenvalue weighted by Gasteiger charge is -2.07. The lowest BCUT2D eigenvalue weighted by atomic mass is 10.2. The summed E-state index contributed by atoms with van der Waals surface area (Å²) in [6, 6.07) is 1.85. The molecule has 0 fully saturated rings. The predicted molar refractivity (Wildman–Crippen MR) is 70.3 cm³/mol. The van der Waals surface area contributed by atoms with Crippen molar-refractivity contribution >= 4 is 28.1 Å². The molecule has 0 aliphatic carbocycles. The van der Waals surface area contributed by atoms with Gasteiger partial charge >= 0.3 is 0 Å².